The van der Waals surface area contributed by atoms with E-state index < -0.39 is 6.17 Å². The van der Waals surface area contributed by atoms with Gasteiger partial charge >= 0.3 is 0 Å². The van der Waals surface area contributed by atoms with Crippen molar-refractivity contribution in [3.63, 3.8) is 0 Å². The Morgan fingerprint density at radius 1 is 1.09 bits per heavy atom. The van der Waals surface area contributed by atoms with Crippen molar-refractivity contribution in [3.8, 4) is 0 Å². The van der Waals surface area contributed by atoms with Crippen molar-refractivity contribution in [1.82, 2.24) is 20.1 Å². The Morgan fingerprint density at radius 2 is 1.78 bits per heavy atom. The third-order valence-corrected chi connectivity index (χ3v) is 7.31. The molecule has 1 aromatic rings. The number of halogens is 1. The predicted octanol–water partition coefficient (Wildman–Crippen LogP) is 1.58. The van der Waals surface area contributed by atoms with Gasteiger partial charge in [0.05, 0.1) is 12.1 Å². The maximum absolute atomic E-state index is 13.3. The predicted molar refractivity (Wildman–Crippen MR) is 119 cm³/mol. The Labute approximate surface area is 188 Å². The van der Waals surface area contributed by atoms with Crippen LogP contribution in [0.1, 0.15) is 39.0 Å². The van der Waals surface area contributed by atoms with Gasteiger partial charge in [-0.25, -0.2) is 4.39 Å². The molecular weight excluding hydrogens is 411 g/mol. The van der Waals surface area contributed by atoms with E-state index in [0.717, 1.165) is 43.6 Å². The first-order chi connectivity index (χ1) is 15.6. The molecule has 3 heterocycles. The summed E-state index contributed by atoms with van der Waals surface area (Å²) in [4.78, 5) is 34.5. The number of benzene rings is 1. The molecule has 0 radical (unpaired) electrons. The van der Waals surface area contributed by atoms with Crippen LogP contribution in [0.25, 0.3) is 0 Å². The highest BCUT2D eigenvalue weighted by atomic mass is 19.1. The second-order valence-electron chi connectivity index (χ2n) is 9.05. The maximum atomic E-state index is 13.3. The minimum absolute atomic E-state index is 0.00418. The van der Waals surface area contributed by atoms with Crippen molar-refractivity contribution in [2.45, 2.75) is 57.3 Å². The van der Waals surface area contributed by atoms with Crippen LogP contribution in [0.3, 0.4) is 0 Å². The zero-order chi connectivity index (χ0) is 22.2. The fourth-order valence-corrected chi connectivity index (χ4v) is 5.63. The summed E-state index contributed by atoms with van der Waals surface area (Å²) in [6.07, 6.45) is 4.49. The van der Waals surface area contributed by atoms with Gasteiger partial charge in [-0.2, -0.15) is 5.10 Å². The minimum Gasteiger partial charge on any atom is -0.368 e. The standard InChI is InChI=1S/C23H31FN6O2/c1-2-20-25-26-22-23(32)29(18-5-3-4-6-19(18)30(20)22)15-21(31)28-13-11-27(12-14-28)17-9-7-16(24)8-10-17/h7-10,18-19,22,26H,2-6,11-15H2,1H3. The van der Waals surface area contributed by atoms with Crippen LogP contribution in [-0.2, 0) is 9.59 Å². The number of rotatable bonds is 4. The summed E-state index contributed by atoms with van der Waals surface area (Å²) in [6.45, 7) is 4.79. The minimum atomic E-state index is -0.479. The molecule has 8 nitrogen and oxygen atoms in total. The number of hydrazone groups is 1. The number of amides is 2. The average Bonchev–Trinajstić information content (AvgIpc) is 3.27. The second kappa shape index (κ2) is 8.60. The van der Waals surface area contributed by atoms with Crippen LogP contribution in [0.5, 0.6) is 0 Å². The van der Waals surface area contributed by atoms with E-state index in [1.54, 1.807) is 12.1 Å². The number of nitrogens with zero attached hydrogens (tertiary/aromatic N) is 5. The van der Waals surface area contributed by atoms with Crippen LogP contribution in [0, 0.1) is 5.82 Å². The number of fused-ring (bicyclic) bond motifs is 3. The number of hydrogen-bond acceptors (Lipinski definition) is 6. The highest BCUT2D eigenvalue weighted by Crippen LogP contribution is 2.35. The number of anilines is 1. The van der Waals surface area contributed by atoms with Gasteiger partial charge in [-0.05, 0) is 37.1 Å². The van der Waals surface area contributed by atoms with E-state index in [1.165, 1.54) is 12.1 Å². The van der Waals surface area contributed by atoms with E-state index in [-0.39, 0.29) is 36.3 Å². The molecule has 3 aliphatic heterocycles. The average molecular weight is 443 g/mol. The topological polar surface area (TPSA) is 71.5 Å². The summed E-state index contributed by atoms with van der Waals surface area (Å²) in [7, 11) is 0. The smallest absolute Gasteiger partial charge is 0.268 e. The maximum Gasteiger partial charge on any atom is 0.268 e. The molecule has 1 aromatic carbocycles. The Bertz CT molecular complexity index is 898. The van der Waals surface area contributed by atoms with Crippen molar-refractivity contribution in [1.29, 1.82) is 0 Å². The van der Waals surface area contributed by atoms with Crippen LogP contribution in [0.4, 0.5) is 10.1 Å². The van der Waals surface area contributed by atoms with E-state index in [1.807, 2.05) is 9.80 Å². The van der Waals surface area contributed by atoms with E-state index >= 15 is 0 Å². The summed E-state index contributed by atoms with van der Waals surface area (Å²) >= 11 is 0. The lowest BCUT2D eigenvalue weighted by molar-refractivity contribution is -0.154. The van der Waals surface area contributed by atoms with Crippen molar-refractivity contribution in [2.75, 3.05) is 37.6 Å². The second-order valence-corrected chi connectivity index (χ2v) is 9.05. The van der Waals surface area contributed by atoms with Crippen LogP contribution in [0.15, 0.2) is 29.4 Å². The Morgan fingerprint density at radius 3 is 2.47 bits per heavy atom. The number of amidine groups is 1. The van der Waals surface area contributed by atoms with Gasteiger partial charge in [0.25, 0.3) is 5.91 Å². The van der Waals surface area contributed by atoms with E-state index in [4.69, 9.17) is 0 Å². The lowest BCUT2D eigenvalue weighted by atomic mass is 9.85. The first kappa shape index (κ1) is 21.0. The SMILES string of the molecule is CCC1=NNC2C(=O)N(CC(=O)N3CCN(c4ccc(F)cc4)CC3)C3CCCCC3N12. The van der Waals surface area contributed by atoms with Crippen LogP contribution >= 0.6 is 0 Å². The van der Waals surface area contributed by atoms with Crippen LogP contribution < -0.4 is 10.3 Å². The molecule has 3 unspecified atom stereocenters. The molecule has 0 bridgehead atoms. The molecule has 0 spiro atoms. The number of hydrogen-bond donors (Lipinski definition) is 1. The van der Waals surface area contributed by atoms with Gasteiger partial charge in [-0.3, -0.25) is 15.0 Å². The molecule has 32 heavy (non-hydrogen) atoms. The van der Waals surface area contributed by atoms with Crippen LogP contribution in [-0.4, -0.2) is 83.3 Å². The molecule has 1 saturated carbocycles. The van der Waals surface area contributed by atoms with Crippen LogP contribution in [0.2, 0.25) is 0 Å². The molecule has 5 rings (SSSR count). The quantitative estimate of drug-likeness (QED) is 0.767. The summed E-state index contributed by atoms with van der Waals surface area (Å²) in [6, 6.07) is 6.76. The first-order valence-electron chi connectivity index (χ1n) is 11.8. The van der Waals surface area contributed by atoms with Gasteiger partial charge in [0.15, 0.2) is 6.17 Å². The normalized spacial score (nSPS) is 27.6. The summed E-state index contributed by atoms with van der Waals surface area (Å²) < 4.78 is 13.2. The molecule has 1 aliphatic carbocycles. The highest BCUT2D eigenvalue weighted by molar-refractivity contribution is 5.95. The highest BCUT2D eigenvalue weighted by Gasteiger charge is 2.51. The number of piperazine rings is 2. The van der Waals surface area contributed by atoms with Crippen molar-refractivity contribution in [3.05, 3.63) is 30.1 Å². The van der Waals surface area contributed by atoms with Crippen molar-refractivity contribution >= 4 is 23.3 Å². The Kier molecular flexibility index (Phi) is 5.65. The lowest BCUT2D eigenvalue weighted by Gasteiger charge is -2.51. The molecular formula is C23H31FN6O2. The first-order valence-corrected chi connectivity index (χ1v) is 11.8. The zero-order valence-electron chi connectivity index (χ0n) is 18.5. The monoisotopic (exact) mass is 442 g/mol. The summed E-state index contributed by atoms with van der Waals surface area (Å²) in [5.74, 6) is 0.660. The van der Waals surface area contributed by atoms with Crippen molar-refractivity contribution < 1.29 is 14.0 Å². The van der Waals surface area contributed by atoms with Gasteiger partial charge < -0.3 is 19.6 Å². The fraction of sp³-hybridized carbons (Fsp3) is 0.609. The molecule has 3 atom stereocenters. The van der Waals surface area contributed by atoms with Crippen molar-refractivity contribution in [2.24, 2.45) is 5.10 Å². The molecule has 2 amide bonds. The largest absolute Gasteiger partial charge is 0.368 e. The Hall–Kier alpha value is -2.84. The van der Waals surface area contributed by atoms with E-state index in [0.29, 0.717) is 26.2 Å². The number of carbonyl (C=O) groups is 2. The molecule has 4 aliphatic rings. The molecule has 3 fully saturated rings. The Balaban J connectivity index is 1.24. The third-order valence-electron chi connectivity index (χ3n) is 7.31. The number of nitrogens with one attached hydrogen (secondary N) is 1. The van der Waals surface area contributed by atoms with Gasteiger partial charge in [-0.15, -0.1) is 0 Å². The third kappa shape index (κ3) is 3.67. The molecule has 172 valence electrons. The van der Waals surface area contributed by atoms with E-state index in [9.17, 15) is 14.0 Å². The molecule has 2 saturated heterocycles. The van der Waals surface area contributed by atoms with Gasteiger partial charge in [0.1, 0.15) is 18.2 Å². The van der Waals surface area contributed by atoms with Gasteiger partial charge in [0, 0.05) is 38.3 Å². The summed E-state index contributed by atoms with van der Waals surface area (Å²) in [5, 5.41) is 4.41. The molecule has 9 heteroatoms. The summed E-state index contributed by atoms with van der Waals surface area (Å²) in [5.41, 5.74) is 3.98. The lowest BCUT2D eigenvalue weighted by Crippen LogP contribution is -2.70. The fourth-order valence-electron chi connectivity index (χ4n) is 5.63. The van der Waals surface area contributed by atoms with Gasteiger partial charge in [0.2, 0.25) is 5.91 Å². The molecule has 0 aromatic heterocycles. The number of carbonyl (C=O) groups excluding carboxylic acids is 2. The zero-order valence-corrected chi connectivity index (χ0v) is 18.5. The van der Waals surface area contributed by atoms with E-state index in [2.05, 4.69) is 27.3 Å². The molecule has 1 N–H and O–H groups in total. The van der Waals surface area contributed by atoms with Gasteiger partial charge in [-0.1, -0.05) is 19.8 Å².